The molecule has 0 aliphatic carbocycles. The Bertz CT molecular complexity index is 920. The fourth-order valence-corrected chi connectivity index (χ4v) is 2.79. The first-order chi connectivity index (χ1) is 13.5. The lowest BCUT2D eigenvalue weighted by Crippen LogP contribution is -2.26. The van der Waals surface area contributed by atoms with E-state index in [4.69, 9.17) is 4.74 Å². The zero-order valence-electron chi connectivity index (χ0n) is 16.3. The molecule has 0 spiro atoms. The molecule has 0 saturated carbocycles. The molecular formula is C21H23N5O2. The third-order valence-corrected chi connectivity index (χ3v) is 4.04. The van der Waals surface area contributed by atoms with Crippen LogP contribution in [0.15, 0.2) is 42.5 Å². The number of nitrogens with one attached hydrogen (secondary N) is 1. The zero-order chi connectivity index (χ0) is 19.9. The number of benzene rings is 1. The van der Waals surface area contributed by atoms with Crippen molar-refractivity contribution in [3.05, 3.63) is 65.2 Å². The number of rotatable bonds is 7. The summed E-state index contributed by atoms with van der Waals surface area (Å²) in [5, 5.41) is 11.1. The van der Waals surface area contributed by atoms with Crippen molar-refractivity contribution in [2.45, 2.75) is 27.2 Å². The summed E-state index contributed by atoms with van der Waals surface area (Å²) in [5.41, 5.74) is 4.06. The number of ether oxygens (including phenoxy) is 1. The van der Waals surface area contributed by atoms with E-state index in [1.165, 1.54) is 0 Å². The van der Waals surface area contributed by atoms with Gasteiger partial charge in [-0.25, -0.2) is 9.97 Å². The van der Waals surface area contributed by atoms with Crippen LogP contribution in [0.4, 0.5) is 0 Å². The largest absolute Gasteiger partial charge is 0.477 e. The van der Waals surface area contributed by atoms with Crippen LogP contribution in [0.2, 0.25) is 0 Å². The third kappa shape index (κ3) is 5.09. The predicted octanol–water partition coefficient (Wildman–Crippen LogP) is 2.92. The van der Waals surface area contributed by atoms with Gasteiger partial charge in [-0.3, -0.25) is 4.79 Å². The molecule has 0 radical (unpaired) electrons. The van der Waals surface area contributed by atoms with Crippen molar-refractivity contribution in [1.82, 2.24) is 25.5 Å². The number of aryl methyl sites for hydroxylation is 2. The van der Waals surface area contributed by atoms with Gasteiger partial charge in [-0.1, -0.05) is 12.1 Å². The van der Waals surface area contributed by atoms with Gasteiger partial charge >= 0.3 is 0 Å². The summed E-state index contributed by atoms with van der Waals surface area (Å²) in [6.45, 7) is 6.80. The summed E-state index contributed by atoms with van der Waals surface area (Å²) in [4.78, 5) is 21.1. The van der Waals surface area contributed by atoms with Gasteiger partial charge in [0, 0.05) is 41.5 Å². The number of carbonyl (C=O) groups is 1. The van der Waals surface area contributed by atoms with E-state index in [2.05, 4.69) is 25.5 Å². The van der Waals surface area contributed by atoms with Crippen LogP contribution in [0.3, 0.4) is 0 Å². The van der Waals surface area contributed by atoms with Crippen LogP contribution in [0.1, 0.15) is 34.5 Å². The summed E-state index contributed by atoms with van der Waals surface area (Å²) in [7, 11) is 0. The molecule has 1 N–H and O–H groups in total. The number of hydrogen-bond donors (Lipinski definition) is 1. The standard InChI is InChI=1S/C21H23N5O2/c1-4-28-20-10-9-18(25-26-20)16-5-7-17(8-6-16)21(27)22-12-11-19-23-14(2)13-15(3)24-19/h5-10,13H,4,11-12H2,1-3H3,(H,22,27). The van der Waals surface area contributed by atoms with Crippen molar-refractivity contribution in [3.63, 3.8) is 0 Å². The highest BCUT2D eigenvalue weighted by Crippen LogP contribution is 2.18. The minimum absolute atomic E-state index is 0.131. The summed E-state index contributed by atoms with van der Waals surface area (Å²) >= 11 is 0. The van der Waals surface area contributed by atoms with Crippen molar-refractivity contribution in [2.75, 3.05) is 13.2 Å². The average Bonchev–Trinajstić information content (AvgIpc) is 2.68. The van der Waals surface area contributed by atoms with E-state index in [1.54, 1.807) is 18.2 Å². The highest BCUT2D eigenvalue weighted by molar-refractivity contribution is 5.94. The minimum Gasteiger partial charge on any atom is -0.477 e. The Labute approximate surface area is 164 Å². The molecule has 28 heavy (non-hydrogen) atoms. The van der Waals surface area contributed by atoms with Gasteiger partial charge in [0.15, 0.2) is 0 Å². The smallest absolute Gasteiger partial charge is 0.251 e. The Morgan fingerprint density at radius 1 is 1.00 bits per heavy atom. The van der Waals surface area contributed by atoms with Crippen LogP contribution >= 0.6 is 0 Å². The van der Waals surface area contributed by atoms with Gasteiger partial charge in [0.05, 0.1) is 12.3 Å². The van der Waals surface area contributed by atoms with Crippen LogP contribution in [0.5, 0.6) is 5.88 Å². The fraction of sp³-hybridized carbons (Fsp3) is 0.286. The van der Waals surface area contributed by atoms with Gasteiger partial charge in [0.25, 0.3) is 5.91 Å². The zero-order valence-corrected chi connectivity index (χ0v) is 16.3. The Hall–Kier alpha value is -3.35. The number of amides is 1. The second kappa shape index (κ2) is 9.03. The van der Waals surface area contributed by atoms with Crippen LogP contribution < -0.4 is 10.1 Å². The molecule has 7 nitrogen and oxygen atoms in total. The number of hydrogen-bond acceptors (Lipinski definition) is 6. The highest BCUT2D eigenvalue weighted by Gasteiger charge is 2.08. The molecule has 0 aliphatic heterocycles. The van der Waals surface area contributed by atoms with E-state index in [9.17, 15) is 4.79 Å². The maximum atomic E-state index is 12.3. The third-order valence-electron chi connectivity index (χ3n) is 4.04. The molecule has 0 fully saturated rings. The number of aromatic nitrogens is 4. The molecule has 3 rings (SSSR count). The van der Waals surface area contributed by atoms with E-state index >= 15 is 0 Å². The first kappa shape index (κ1) is 19.4. The van der Waals surface area contributed by atoms with E-state index in [1.807, 2.05) is 45.0 Å². The van der Waals surface area contributed by atoms with E-state index in [0.29, 0.717) is 31.0 Å². The first-order valence-electron chi connectivity index (χ1n) is 9.21. The van der Waals surface area contributed by atoms with Crippen molar-refractivity contribution in [2.24, 2.45) is 0 Å². The first-order valence-corrected chi connectivity index (χ1v) is 9.21. The Balaban J connectivity index is 1.57. The van der Waals surface area contributed by atoms with Crippen molar-refractivity contribution >= 4 is 5.91 Å². The Morgan fingerprint density at radius 2 is 1.71 bits per heavy atom. The maximum absolute atomic E-state index is 12.3. The molecule has 0 saturated heterocycles. The molecule has 144 valence electrons. The molecule has 3 aromatic rings. The van der Waals surface area contributed by atoms with E-state index in [0.717, 1.165) is 28.5 Å². The quantitative estimate of drug-likeness (QED) is 0.681. The van der Waals surface area contributed by atoms with E-state index < -0.39 is 0 Å². The number of carbonyl (C=O) groups excluding carboxylic acids is 1. The molecule has 0 aliphatic rings. The monoisotopic (exact) mass is 377 g/mol. The molecule has 1 aromatic carbocycles. The molecule has 2 aromatic heterocycles. The lowest BCUT2D eigenvalue weighted by molar-refractivity contribution is 0.0954. The fourth-order valence-electron chi connectivity index (χ4n) is 2.79. The van der Waals surface area contributed by atoms with Gasteiger partial charge in [-0.15, -0.1) is 10.2 Å². The van der Waals surface area contributed by atoms with Crippen molar-refractivity contribution in [3.8, 4) is 17.1 Å². The van der Waals surface area contributed by atoms with Gasteiger partial charge in [0.2, 0.25) is 5.88 Å². The SMILES string of the molecule is CCOc1ccc(-c2ccc(C(=O)NCCc3nc(C)cc(C)n3)cc2)nn1. The Kier molecular flexibility index (Phi) is 6.26. The van der Waals surface area contributed by atoms with Crippen LogP contribution in [-0.2, 0) is 6.42 Å². The van der Waals surface area contributed by atoms with Crippen LogP contribution in [0.25, 0.3) is 11.3 Å². The van der Waals surface area contributed by atoms with Gasteiger partial charge < -0.3 is 10.1 Å². The molecule has 1 amide bonds. The lowest BCUT2D eigenvalue weighted by atomic mass is 10.1. The normalized spacial score (nSPS) is 10.5. The molecule has 0 atom stereocenters. The highest BCUT2D eigenvalue weighted by atomic mass is 16.5. The van der Waals surface area contributed by atoms with Crippen LogP contribution in [-0.4, -0.2) is 39.2 Å². The minimum atomic E-state index is -0.131. The topological polar surface area (TPSA) is 89.9 Å². The van der Waals surface area contributed by atoms with Gasteiger partial charge in [0.1, 0.15) is 5.82 Å². The summed E-state index contributed by atoms with van der Waals surface area (Å²) < 4.78 is 5.29. The molecule has 0 unspecified atom stereocenters. The Morgan fingerprint density at radius 3 is 2.32 bits per heavy atom. The lowest BCUT2D eigenvalue weighted by Gasteiger charge is -2.07. The summed E-state index contributed by atoms with van der Waals surface area (Å²) in [6.07, 6.45) is 0.591. The number of nitrogens with zero attached hydrogens (tertiary/aromatic N) is 4. The van der Waals surface area contributed by atoms with Crippen LogP contribution in [0, 0.1) is 13.8 Å². The predicted molar refractivity (Wildman–Crippen MR) is 106 cm³/mol. The molecule has 7 heteroatoms. The second-order valence-electron chi connectivity index (χ2n) is 6.34. The summed E-state index contributed by atoms with van der Waals surface area (Å²) in [5.74, 6) is 1.10. The van der Waals surface area contributed by atoms with Gasteiger partial charge in [-0.2, -0.15) is 0 Å². The van der Waals surface area contributed by atoms with Crippen molar-refractivity contribution < 1.29 is 9.53 Å². The van der Waals surface area contributed by atoms with E-state index in [-0.39, 0.29) is 5.91 Å². The van der Waals surface area contributed by atoms with Crippen molar-refractivity contribution in [1.29, 1.82) is 0 Å². The maximum Gasteiger partial charge on any atom is 0.251 e. The molecule has 0 bridgehead atoms. The average molecular weight is 377 g/mol. The summed E-state index contributed by atoms with van der Waals surface area (Å²) in [6, 6.07) is 12.8. The van der Waals surface area contributed by atoms with Gasteiger partial charge in [-0.05, 0) is 45.0 Å². The second-order valence-corrected chi connectivity index (χ2v) is 6.34. The molecular weight excluding hydrogens is 354 g/mol. The molecule has 2 heterocycles.